The zero-order chi connectivity index (χ0) is 14.6. The highest BCUT2D eigenvalue weighted by molar-refractivity contribution is 6.36. The van der Waals surface area contributed by atoms with E-state index >= 15 is 0 Å². The minimum atomic E-state index is -0.218. The van der Waals surface area contributed by atoms with Gasteiger partial charge in [0.05, 0.1) is 17.2 Å². The standard InChI is InChI=1S/C15H19Cl2NO2/c16-11-4-5-12(13(17)8-11)14(20)18-9-15(10-19)6-2-1-3-7-15/h4-5,8,19H,1-3,6-7,9-10H2,(H,18,20). The second-order valence-corrected chi connectivity index (χ2v) is 6.37. The minimum Gasteiger partial charge on any atom is -0.396 e. The molecule has 1 amide bonds. The van der Waals surface area contributed by atoms with Gasteiger partial charge in [0.1, 0.15) is 0 Å². The molecule has 0 bridgehead atoms. The molecule has 1 fully saturated rings. The Kier molecular flexibility index (Phi) is 5.30. The Morgan fingerprint density at radius 2 is 1.95 bits per heavy atom. The number of rotatable bonds is 4. The van der Waals surface area contributed by atoms with Gasteiger partial charge in [0.25, 0.3) is 5.91 Å². The minimum absolute atomic E-state index is 0.113. The van der Waals surface area contributed by atoms with Crippen LogP contribution < -0.4 is 5.32 Å². The largest absolute Gasteiger partial charge is 0.396 e. The van der Waals surface area contributed by atoms with Crippen molar-refractivity contribution in [2.75, 3.05) is 13.2 Å². The summed E-state index contributed by atoms with van der Waals surface area (Å²) >= 11 is 11.8. The molecule has 1 aliphatic rings. The summed E-state index contributed by atoms with van der Waals surface area (Å²) in [7, 11) is 0. The Hall–Kier alpha value is -0.770. The van der Waals surface area contributed by atoms with Gasteiger partial charge in [-0.25, -0.2) is 0 Å². The molecule has 0 radical (unpaired) electrons. The maximum atomic E-state index is 12.2. The summed E-state index contributed by atoms with van der Waals surface area (Å²) in [4.78, 5) is 12.2. The molecule has 110 valence electrons. The Morgan fingerprint density at radius 3 is 2.55 bits per heavy atom. The number of aliphatic hydroxyl groups excluding tert-OH is 1. The van der Waals surface area contributed by atoms with Crippen LogP contribution in [0.2, 0.25) is 10.0 Å². The molecule has 0 heterocycles. The van der Waals surface area contributed by atoms with Crippen LogP contribution in [0.25, 0.3) is 0 Å². The summed E-state index contributed by atoms with van der Waals surface area (Å²) in [6.45, 7) is 0.600. The lowest BCUT2D eigenvalue weighted by Gasteiger charge is -2.35. The SMILES string of the molecule is O=C(NCC1(CO)CCCCC1)c1ccc(Cl)cc1Cl. The first kappa shape index (κ1) is 15.6. The summed E-state index contributed by atoms with van der Waals surface area (Å²) < 4.78 is 0. The van der Waals surface area contributed by atoms with Crippen LogP contribution in [0.15, 0.2) is 18.2 Å². The lowest BCUT2D eigenvalue weighted by atomic mass is 9.74. The molecule has 1 aromatic rings. The number of halogens is 2. The Labute approximate surface area is 129 Å². The van der Waals surface area contributed by atoms with E-state index in [2.05, 4.69) is 5.32 Å². The third kappa shape index (κ3) is 3.66. The van der Waals surface area contributed by atoms with Gasteiger partial charge < -0.3 is 10.4 Å². The van der Waals surface area contributed by atoms with Crippen molar-refractivity contribution in [1.29, 1.82) is 0 Å². The Balaban J connectivity index is 2.00. The maximum absolute atomic E-state index is 12.2. The fourth-order valence-electron chi connectivity index (χ4n) is 2.73. The van der Waals surface area contributed by atoms with Gasteiger partial charge in [-0.05, 0) is 31.0 Å². The van der Waals surface area contributed by atoms with Crippen LogP contribution in [-0.2, 0) is 0 Å². The van der Waals surface area contributed by atoms with Crippen LogP contribution in [0.4, 0.5) is 0 Å². The van der Waals surface area contributed by atoms with Crippen LogP contribution in [0.1, 0.15) is 42.5 Å². The number of amides is 1. The van der Waals surface area contributed by atoms with Crippen molar-refractivity contribution in [1.82, 2.24) is 5.32 Å². The molecule has 0 saturated heterocycles. The van der Waals surface area contributed by atoms with Crippen molar-refractivity contribution in [3.05, 3.63) is 33.8 Å². The van der Waals surface area contributed by atoms with Gasteiger partial charge in [-0.2, -0.15) is 0 Å². The molecule has 1 aliphatic carbocycles. The van der Waals surface area contributed by atoms with Gasteiger partial charge in [-0.1, -0.05) is 42.5 Å². The van der Waals surface area contributed by atoms with E-state index in [4.69, 9.17) is 23.2 Å². The monoisotopic (exact) mass is 315 g/mol. The van der Waals surface area contributed by atoms with Gasteiger partial charge in [0.15, 0.2) is 0 Å². The molecule has 1 aromatic carbocycles. The predicted octanol–water partition coefficient (Wildman–Crippen LogP) is 3.67. The van der Waals surface area contributed by atoms with E-state index in [1.54, 1.807) is 18.2 Å². The number of aliphatic hydroxyl groups is 1. The molecule has 3 nitrogen and oxygen atoms in total. The van der Waals surface area contributed by atoms with Crippen LogP contribution in [0.3, 0.4) is 0 Å². The number of hydrogen-bond acceptors (Lipinski definition) is 2. The fraction of sp³-hybridized carbons (Fsp3) is 0.533. The van der Waals surface area contributed by atoms with Gasteiger partial charge in [-0.3, -0.25) is 4.79 Å². The lowest BCUT2D eigenvalue weighted by Crippen LogP contribution is -2.41. The number of benzene rings is 1. The van der Waals surface area contributed by atoms with Crippen molar-refractivity contribution in [3.63, 3.8) is 0 Å². The van der Waals surface area contributed by atoms with Crippen LogP contribution in [0.5, 0.6) is 0 Å². The van der Waals surface area contributed by atoms with Crippen molar-refractivity contribution in [3.8, 4) is 0 Å². The molecule has 1 saturated carbocycles. The molecule has 2 N–H and O–H groups in total. The van der Waals surface area contributed by atoms with Crippen molar-refractivity contribution in [2.45, 2.75) is 32.1 Å². The zero-order valence-electron chi connectivity index (χ0n) is 11.3. The smallest absolute Gasteiger partial charge is 0.252 e. The van der Waals surface area contributed by atoms with E-state index in [9.17, 15) is 9.90 Å². The van der Waals surface area contributed by atoms with Gasteiger partial charge in [-0.15, -0.1) is 0 Å². The lowest BCUT2D eigenvalue weighted by molar-refractivity contribution is 0.0718. The average Bonchev–Trinajstić information content (AvgIpc) is 2.46. The molecule has 20 heavy (non-hydrogen) atoms. The Morgan fingerprint density at radius 1 is 1.25 bits per heavy atom. The summed E-state index contributed by atoms with van der Waals surface area (Å²) in [6.07, 6.45) is 5.34. The van der Waals surface area contributed by atoms with Crippen LogP contribution in [-0.4, -0.2) is 24.2 Å². The molecule has 0 aromatic heterocycles. The second kappa shape index (κ2) is 6.79. The zero-order valence-corrected chi connectivity index (χ0v) is 12.8. The quantitative estimate of drug-likeness (QED) is 0.890. The first-order chi connectivity index (χ1) is 9.56. The second-order valence-electron chi connectivity index (χ2n) is 5.53. The van der Waals surface area contributed by atoms with Crippen molar-refractivity contribution in [2.24, 2.45) is 5.41 Å². The average molecular weight is 316 g/mol. The predicted molar refractivity (Wildman–Crippen MR) is 81.4 cm³/mol. The molecule has 2 rings (SSSR count). The highest BCUT2D eigenvalue weighted by atomic mass is 35.5. The van der Waals surface area contributed by atoms with Gasteiger partial charge in [0.2, 0.25) is 0 Å². The summed E-state index contributed by atoms with van der Waals surface area (Å²) in [6, 6.07) is 4.82. The van der Waals surface area contributed by atoms with E-state index in [1.807, 2.05) is 0 Å². The normalized spacial score (nSPS) is 17.8. The topological polar surface area (TPSA) is 49.3 Å². The molecule has 0 atom stereocenters. The van der Waals surface area contributed by atoms with Crippen LogP contribution >= 0.6 is 23.2 Å². The molecular formula is C15H19Cl2NO2. The van der Waals surface area contributed by atoms with E-state index in [-0.39, 0.29) is 17.9 Å². The van der Waals surface area contributed by atoms with Gasteiger partial charge in [0, 0.05) is 17.0 Å². The third-order valence-corrected chi connectivity index (χ3v) is 4.60. The van der Waals surface area contributed by atoms with E-state index in [0.29, 0.717) is 22.2 Å². The molecule has 0 aliphatic heterocycles. The summed E-state index contributed by atoms with van der Waals surface area (Å²) in [5, 5.41) is 13.4. The number of carbonyl (C=O) groups excluding carboxylic acids is 1. The first-order valence-corrected chi connectivity index (χ1v) is 7.66. The van der Waals surface area contributed by atoms with Gasteiger partial charge >= 0.3 is 0 Å². The van der Waals surface area contributed by atoms with Crippen molar-refractivity contribution < 1.29 is 9.90 Å². The maximum Gasteiger partial charge on any atom is 0.252 e. The number of nitrogens with one attached hydrogen (secondary N) is 1. The van der Waals surface area contributed by atoms with Crippen molar-refractivity contribution >= 4 is 29.1 Å². The Bertz CT molecular complexity index is 485. The molecule has 0 unspecified atom stereocenters. The van der Waals surface area contributed by atoms with E-state index < -0.39 is 0 Å². The third-order valence-electron chi connectivity index (χ3n) is 4.05. The number of carbonyl (C=O) groups is 1. The first-order valence-electron chi connectivity index (χ1n) is 6.90. The van der Waals surface area contributed by atoms with Crippen LogP contribution in [0, 0.1) is 5.41 Å². The summed E-state index contributed by atoms with van der Waals surface area (Å²) in [5.74, 6) is -0.218. The number of hydrogen-bond donors (Lipinski definition) is 2. The fourth-order valence-corrected chi connectivity index (χ4v) is 3.22. The van der Waals surface area contributed by atoms with E-state index in [0.717, 1.165) is 25.7 Å². The highest BCUT2D eigenvalue weighted by Crippen LogP contribution is 2.35. The molecular weight excluding hydrogens is 297 g/mol. The summed E-state index contributed by atoms with van der Waals surface area (Å²) in [5.41, 5.74) is 0.243. The molecule has 5 heteroatoms. The highest BCUT2D eigenvalue weighted by Gasteiger charge is 2.31. The molecule has 0 spiro atoms. The van der Waals surface area contributed by atoms with E-state index in [1.165, 1.54) is 6.42 Å².